The fraction of sp³-hybridized carbons (Fsp3) is 0.267. The molecule has 1 aromatic heterocycles. The fourth-order valence-corrected chi connectivity index (χ4v) is 2.07. The van der Waals surface area contributed by atoms with E-state index in [1.807, 2.05) is 19.1 Å². The molecule has 0 saturated heterocycles. The summed E-state index contributed by atoms with van der Waals surface area (Å²) < 4.78 is 5.82. The van der Waals surface area contributed by atoms with Crippen molar-refractivity contribution in [1.29, 1.82) is 0 Å². The van der Waals surface area contributed by atoms with Crippen LogP contribution in [0.2, 0.25) is 0 Å². The topological polar surface area (TPSA) is 22.1 Å². The highest BCUT2D eigenvalue weighted by atomic mass is 79.9. The van der Waals surface area contributed by atoms with Crippen molar-refractivity contribution in [2.75, 3.05) is 0 Å². The first kappa shape index (κ1) is 13.1. The number of aromatic nitrogens is 1. The summed E-state index contributed by atoms with van der Waals surface area (Å²) in [6, 6.07) is 12.3. The van der Waals surface area contributed by atoms with Crippen molar-refractivity contribution < 1.29 is 4.74 Å². The summed E-state index contributed by atoms with van der Waals surface area (Å²) in [4.78, 5) is 4.45. The van der Waals surface area contributed by atoms with Gasteiger partial charge in [-0.25, -0.2) is 0 Å². The van der Waals surface area contributed by atoms with E-state index in [0.29, 0.717) is 11.9 Å². The Labute approximate surface area is 116 Å². The molecule has 0 N–H and O–H groups in total. The summed E-state index contributed by atoms with van der Waals surface area (Å²) in [5.41, 5.74) is 4.38. The van der Waals surface area contributed by atoms with Crippen molar-refractivity contribution in [2.24, 2.45) is 0 Å². The number of benzene rings is 1. The lowest BCUT2D eigenvalue weighted by Crippen LogP contribution is -2.00. The third-order valence-electron chi connectivity index (χ3n) is 2.71. The van der Waals surface area contributed by atoms with Crippen molar-refractivity contribution >= 4 is 15.9 Å². The van der Waals surface area contributed by atoms with E-state index in [1.54, 1.807) is 0 Å². The van der Waals surface area contributed by atoms with Crippen LogP contribution < -0.4 is 4.74 Å². The second-order valence-electron chi connectivity index (χ2n) is 4.31. The normalized spacial score (nSPS) is 10.4. The van der Waals surface area contributed by atoms with Gasteiger partial charge in [0.1, 0.15) is 12.4 Å². The van der Waals surface area contributed by atoms with Gasteiger partial charge < -0.3 is 4.74 Å². The lowest BCUT2D eigenvalue weighted by Gasteiger charge is -2.10. The Morgan fingerprint density at radius 3 is 2.44 bits per heavy atom. The number of alkyl halides is 1. The molecule has 2 nitrogen and oxygen atoms in total. The van der Waals surface area contributed by atoms with Gasteiger partial charge in [0.15, 0.2) is 0 Å². The van der Waals surface area contributed by atoms with Crippen LogP contribution in [-0.2, 0) is 11.9 Å². The second kappa shape index (κ2) is 6.01. The maximum atomic E-state index is 5.82. The summed E-state index contributed by atoms with van der Waals surface area (Å²) in [5, 5.41) is 0.706. The highest BCUT2D eigenvalue weighted by molar-refractivity contribution is 9.08. The zero-order valence-corrected chi connectivity index (χ0v) is 12.2. The van der Waals surface area contributed by atoms with Gasteiger partial charge in [-0.1, -0.05) is 45.8 Å². The zero-order valence-electron chi connectivity index (χ0n) is 10.6. The van der Waals surface area contributed by atoms with E-state index >= 15 is 0 Å². The number of pyridine rings is 1. The quantitative estimate of drug-likeness (QED) is 0.791. The Morgan fingerprint density at radius 2 is 1.78 bits per heavy atom. The molecule has 1 aromatic carbocycles. The SMILES string of the molecule is Cc1ccc(COc2ccc(C)nc2CBr)cc1. The molecule has 18 heavy (non-hydrogen) atoms. The van der Waals surface area contributed by atoms with Crippen molar-refractivity contribution in [2.45, 2.75) is 25.8 Å². The number of nitrogens with zero attached hydrogens (tertiary/aromatic N) is 1. The van der Waals surface area contributed by atoms with Gasteiger partial charge in [0.05, 0.1) is 5.69 Å². The average molecular weight is 306 g/mol. The van der Waals surface area contributed by atoms with Gasteiger partial charge in [0, 0.05) is 11.0 Å². The molecule has 0 saturated carbocycles. The summed E-state index contributed by atoms with van der Waals surface area (Å²) in [6.45, 7) is 4.64. The van der Waals surface area contributed by atoms with Crippen LogP contribution in [0.25, 0.3) is 0 Å². The van der Waals surface area contributed by atoms with E-state index in [1.165, 1.54) is 11.1 Å². The van der Waals surface area contributed by atoms with Gasteiger partial charge >= 0.3 is 0 Å². The summed E-state index contributed by atoms with van der Waals surface area (Å²) in [5.74, 6) is 0.845. The first-order valence-corrected chi connectivity index (χ1v) is 7.02. The number of hydrogen-bond acceptors (Lipinski definition) is 2. The molecule has 0 atom stereocenters. The smallest absolute Gasteiger partial charge is 0.142 e. The molecule has 94 valence electrons. The van der Waals surface area contributed by atoms with Crippen LogP contribution >= 0.6 is 15.9 Å². The van der Waals surface area contributed by atoms with Gasteiger partial charge in [0.2, 0.25) is 0 Å². The number of hydrogen-bond donors (Lipinski definition) is 0. The molecule has 1 heterocycles. The highest BCUT2D eigenvalue weighted by Gasteiger charge is 2.04. The minimum absolute atomic E-state index is 0.574. The fourth-order valence-electron chi connectivity index (χ4n) is 1.67. The van der Waals surface area contributed by atoms with Crippen LogP contribution in [0.15, 0.2) is 36.4 Å². The van der Waals surface area contributed by atoms with E-state index in [4.69, 9.17) is 4.74 Å². The molecule has 3 heteroatoms. The van der Waals surface area contributed by atoms with Crippen molar-refractivity contribution in [3.8, 4) is 5.75 Å². The highest BCUT2D eigenvalue weighted by Crippen LogP contribution is 2.20. The summed E-state index contributed by atoms with van der Waals surface area (Å²) in [6.07, 6.45) is 0. The van der Waals surface area contributed by atoms with E-state index in [0.717, 1.165) is 17.1 Å². The van der Waals surface area contributed by atoms with E-state index < -0.39 is 0 Å². The molecular weight excluding hydrogens is 290 g/mol. The predicted octanol–water partition coefficient (Wildman–Crippen LogP) is 4.17. The molecule has 0 radical (unpaired) electrons. The standard InChI is InChI=1S/C15H16BrNO/c1-11-3-6-13(7-4-11)10-18-15-8-5-12(2)17-14(15)9-16/h3-8H,9-10H2,1-2H3. The number of halogens is 1. The van der Waals surface area contributed by atoms with Crippen molar-refractivity contribution in [3.63, 3.8) is 0 Å². The molecule has 0 unspecified atom stereocenters. The van der Waals surface area contributed by atoms with Gasteiger partial charge in [-0.3, -0.25) is 4.98 Å². The first-order valence-electron chi connectivity index (χ1n) is 5.90. The number of ether oxygens (including phenoxy) is 1. The second-order valence-corrected chi connectivity index (χ2v) is 4.87. The molecule has 0 aliphatic heterocycles. The van der Waals surface area contributed by atoms with Gasteiger partial charge in [-0.05, 0) is 31.5 Å². The maximum Gasteiger partial charge on any atom is 0.142 e. The molecule has 2 aromatic rings. The number of rotatable bonds is 4. The minimum Gasteiger partial charge on any atom is -0.487 e. The third-order valence-corrected chi connectivity index (χ3v) is 3.24. The Kier molecular flexibility index (Phi) is 4.37. The van der Waals surface area contributed by atoms with E-state index in [-0.39, 0.29) is 0 Å². The Hall–Kier alpha value is -1.35. The first-order chi connectivity index (χ1) is 8.69. The van der Waals surface area contributed by atoms with Gasteiger partial charge in [-0.2, -0.15) is 0 Å². The van der Waals surface area contributed by atoms with Crippen LogP contribution in [0.1, 0.15) is 22.5 Å². The maximum absolute atomic E-state index is 5.82. The zero-order chi connectivity index (χ0) is 13.0. The van der Waals surface area contributed by atoms with Crippen LogP contribution in [0.3, 0.4) is 0 Å². The van der Waals surface area contributed by atoms with Crippen molar-refractivity contribution in [3.05, 3.63) is 58.9 Å². The van der Waals surface area contributed by atoms with Crippen molar-refractivity contribution in [1.82, 2.24) is 4.98 Å². The van der Waals surface area contributed by atoms with E-state index in [9.17, 15) is 0 Å². The van der Waals surface area contributed by atoms with Gasteiger partial charge in [-0.15, -0.1) is 0 Å². The molecule has 2 rings (SSSR count). The van der Waals surface area contributed by atoms with Crippen LogP contribution in [0, 0.1) is 13.8 Å². The molecule has 0 amide bonds. The van der Waals surface area contributed by atoms with Crippen LogP contribution in [0.4, 0.5) is 0 Å². The van der Waals surface area contributed by atoms with Crippen LogP contribution in [-0.4, -0.2) is 4.98 Å². The number of aryl methyl sites for hydroxylation is 2. The third kappa shape index (κ3) is 3.33. The van der Waals surface area contributed by atoms with E-state index in [2.05, 4.69) is 52.1 Å². The Bertz CT molecular complexity index is 523. The minimum atomic E-state index is 0.574. The largest absolute Gasteiger partial charge is 0.487 e. The molecule has 0 spiro atoms. The molecule has 0 bridgehead atoms. The molecule has 0 fully saturated rings. The predicted molar refractivity (Wildman–Crippen MR) is 77.1 cm³/mol. The molecular formula is C15H16BrNO. The lowest BCUT2D eigenvalue weighted by molar-refractivity contribution is 0.302. The average Bonchev–Trinajstić information content (AvgIpc) is 2.39. The Balaban J connectivity index is 2.08. The molecule has 0 aliphatic rings. The monoisotopic (exact) mass is 305 g/mol. The summed E-state index contributed by atoms with van der Waals surface area (Å²) in [7, 11) is 0. The lowest BCUT2D eigenvalue weighted by atomic mass is 10.2. The Morgan fingerprint density at radius 1 is 1.06 bits per heavy atom. The van der Waals surface area contributed by atoms with Gasteiger partial charge in [0.25, 0.3) is 0 Å². The van der Waals surface area contributed by atoms with Crippen LogP contribution in [0.5, 0.6) is 5.75 Å². The summed E-state index contributed by atoms with van der Waals surface area (Å²) >= 11 is 3.44. The molecule has 0 aliphatic carbocycles.